The standard InChI is InChI=1S/C16H27N3O12P2/c1-17-7-2-3-15(20)18-8-6-12-14(5-4-13(16(12)18)19(21)22)31-11(9-29-32(23,24)25)10-30-33(26,27)28/h4-5,11,23-28,32-33H,1-3,6-10H2. The van der Waals surface area contributed by atoms with Gasteiger partial charge in [-0.3, -0.25) is 0 Å². The van der Waals surface area contributed by atoms with Crippen LogP contribution in [0.25, 0.3) is 0 Å². The van der Waals surface area contributed by atoms with Crippen LogP contribution in [0.1, 0.15) is 18.4 Å². The Labute approximate surface area is 189 Å². The molecule has 15 nitrogen and oxygen atoms in total. The summed E-state index contributed by atoms with van der Waals surface area (Å²) in [7, 11) is -9.93. The maximum absolute atomic E-state index is 12.6. The van der Waals surface area contributed by atoms with Crippen molar-refractivity contribution in [3.8, 4) is 5.75 Å². The quantitative estimate of drug-likeness (QED) is 0.0644. The van der Waals surface area contributed by atoms with Gasteiger partial charge in [-0.2, -0.15) is 0 Å². The SMILES string of the molecule is C=NCCCC(=O)N1CCc2c(OC(CO[PH](O)(O)O)CO[PH](O)(O)O)ccc([N+](=O)[O-])c21. The Morgan fingerprint density at radius 2 is 1.79 bits per heavy atom. The zero-order chi connectivity index (χ0) is 24.8. The van der Waals surface area contributed by atoms with E-state index in [2.05, 4.69) is 20.8 Å². The molecule has 1 aromatic carbocycles. The Balaban J connectivity index is 2.32. The van der Waals surface area contributed by atoms with Crippen molar-refractivity contribution in [1.29, 1.82) is 0 Å². The number of nitro groups is 1. The molecule has 17 heteroatoms. The van der Waals surface area contributed by atoms with E-state index in [-0.39, 0.29) is 42.4 Å². The van der Waals surface area contributed by atoms with Crippen LogP contribution >= 0.6 is 16.3 Å². The van der Waals surface area contributed by atoms with Crippen LogP contribution < -0.4 is 9.64 Å². The van der Waals surface area contributed by atoms with Crippen LogP contribution in [0, 0.1) is 10.1 Å². The van der Waals surface area contributed by atoms with E-state index in [9.17, 15) is 14.9 Å². The van der Waals surface area contributed by atoms with Crippen molar-refractivity contribution < 1.29 is 52.9 Å². The monoisotopic (exact) mass is 515 g/mol. The van der Waals surface area contributed by atoms with Crippen LogP contribution in [-0.4, -0.2) is 79.3 Å². The molecule has 0 saturated heterocycles. The first-order chi connectivity index (χ1) is 15.3. The molecular weight excluding hydrogens is 488 g/mol. The van der Waals surface area contributed by atoms with Gasteiger partial charge in [0.05, 0.1) is 0 Å². The van der Waals surface area contributed by atoms with Crippen LogP contribution in [-0.2, 0) is 20.3 Å². The predicted octanol–water partition coefficient (Wildman–Crippen LogP) is -0.481. The molecule has 0 saturated carbocycles. The number of nitro benzene ring substituents is 1. The average Bonchev–Trinajstić information content (AvgIpc) is 3.14. The molecule has 2 rings (SSSR count). The van der Waals surface area contributed by atoms with Crippen molar-refractivity contribution in [1.82, 2.24) is 0 Å². The van der Waals surface area contributed by atoms with Gasteiger partial charge in [0.1, 0.15) is 0 Å². The third-order valence-corrected chi connectivity index (χ3v) is 5.61. The number of amides is 1. The molecule has 1 aromatic rings. The second kappa shape index (κ2) is 11.5. The second-order valence-electron chi connectivity index (χ2n) is 7.02. The van der Waals surface area contributed by atoms with Crippen LogP contribution in [0.4, 0.5) is 11.4 Å². The van der Waals surface area contributed by atoms with Crippen molar-refractivity contribution in [2.24, 2.45) is 4.99 Å². The molecule has 6 N–H and O–H groups in total. The number of carbonyl (C=O) groups excluding carboxylic acids is 1. The molecule has 0 atom stereocenters. The number of anilines is 1. The first-order valence-corrected chi connectivity index (χ1v) is 13.1. The third kappa shape index (κ3) is 8.43. The van der Waals surface area contributed by atoms with Gasteiger partial charge in [-0.1, -0.05) is 0 Å². The normalized spacial score (nSPS) is 15.6. The number of fused-ring (bicyclic) bond motifs is 1. The molecule has 1 aliphatic heterocycles. The number of carbonyl (C=O) groups is 1. The number of nitrogens with zero attached hydrogens (tertiary/aromatic N) is 3. The van der Waals surface area contributed by atoms with Crippen molar-refractivity contribution >= 4 is 40.3 Å². The van der Waals surface area contributed by atoms with E-state index in [0.717, 1.165) is 6.07 Å². The second-order valence-corrected chi connectivity index (χ2v) is 9.90. The molecule has 188 valence electrons. The maximum atomic E-state index is 12.6. The van der Waals surface area contributed by atoms with E-state index >= 15 is 0 Å². The van der Waals surface area contributed by atoms with Crippen LogP contribution in [0.15, 0.2) is 17.1 Å². The van der Waals surface area contributed by atoms with Gasteiger partial charge < -0.3 is 4.99 Å². The van der Waals surface area contributed by atoms with Crippen LogP contribution in [0.5, 0.6) is 5.75 Å². The van der Waals surface area contributed by atoms with Gasteiger partial charge in [-0.25, -0.2) is 0 Å². The van der Waals surface area contributed by atoms with E-state index in [1.54, 1.807) is 0 Å². The molecular formula is C16H27N3O12P2. The third-order valence-electron chi connectivity index (χ3n) is 4.50. The van der Waals surface area contributed by atoms with Crippen molar-refractivity contribution in [2.75, 3.05) is 31.2 Å². The predicted molar refractivity (Wildman–Crippen MR) is 119 cm³/mol. The Hall–Kier alpha value is -1.90. The topological polar surface area (TPSA) is 225 Å². The summed E-state index contributed by atoms with van der Waals surface area (Å²) in [6.07, 6.45) is -0.601. The number of hydrogen-bond acceptors (Lipinski definition) is 13. The Bertz CT molecular complexity index is 856. The molecule has 1 aliphatic rings. The number of benzene rings is 1. The molecule has 0 aromatic heterocycles. The summed E-state index contributed by atoms with van der Waals surface area (Å²) in [6, 6.07) is 2.37. The van der Waals surface area contributed by atoms with Gasteiger partial charge in [0, 0.05) is 0 Å². The van der Waals surface area contributed by atoms with E-state index in [1.165, 1.54) is 11.0 Å². The Morgan fingerprint density at radius 1 is 1.18 bits per heavy atom. The number of aliphatic imine (C=N–C) groups is 1. The molecule has 0 aliphatic carbocycles. The molecule has 0 radical (unpaired) electrons. The van der Waals surface area contributed by atoms with E-state index < -0.39 is 40.6 Å². The molecule has 0 bridgehead atoms. The fourth-order valence-corrected chi connectivity index (χ4v) is 3.99. The summed E-state index contributed by atoms with van der Waals surface area (Å²) in [6.45, 7) is 2.43. The summed E-state index contributed by atoms with van der Waals surface area (Å²) in [5, 5.41) is 11.6. The van der Waals surface area contributed by atoms with E-state index in [0.29, 0.717) is 18.5 Å². The summed E-state index contributed by atoms with van der Waals surface area (Å²) >= 11 is 0. The molecule has 0 unspecified atom stereocenters. The van der Waals surface area contributed by atoms with Gasteiger partial charge in [0.25, 0.3) is 0 Å². The van der Waals surface area contributed by atoms with Gasteiger partial charge >= 0.3 is 177 Å². The molecule has 0 fully saturated rings. The minimum absolute atomic E-state index is 0.0417. The van der Waals surface area contributed by atoms with E-state index in [4.69, 9.17) is 34.1 Å². The van der Waals surface area contributed by atoms with Crippen LogP contribution in [0.3, 0.4) is 0 Å². The summed E-state index contributed by atoms with van der Waals surface area (Å²) in [5.74, 6) is -0.299. The zero-order valence-corrected chi connectivity index (χ0v) is 19.4. The first kappa shape index (κ1) is 27.3. The Morgan fingerprint density at radius 3 is 2.30 bits per heavy atom. The zero-order valence-electron chi connectivity index (χ0n) is 17.4. The number of rotatable bonds is 13. The average molecular weight is 515 g/mol. The van der Waals surface area contributed by atoms with Crippen molar-refractivity contribution in [2.45, 2.75) is 25.4 Å². The number of hydrogen-bond donors (Lipinski definition) is 6. The molecule has 1 amide bonds. The Kier molecular flexibility index (Phi) is 9.52. The fraction of sp³-hybridized carbons (Fsp3) is 0.500. The first-order valence-electron chi connectivity index (χ1n) is 9.64. The minimum atomic E-state index is -4.96. The van der Waals surface area contributed by atoms with Gasteiger partial charge in [-0.15, -0.1) is 0 Å². The molecule has 0 spiro atoms. The molecule has 33 heavy (non-hydrogen) atoms. The van der Waals surface area contributed by atoms with Gasteiger partial charge in [0.2, 0.25) is 0 Å². The van der Waals surface area contributed by atoms with Crippen molar-refractivity contribution in [3.05, 3.63) is 27.8 Å². The van der Waals surface area contributed by atoms with E-state index in [1.807, 2.05) is 0 Å². The molecule has 1 heterocycles. The van der Waals surface area contributed by atoms with Crippen LogP contribution in [0.2, 0.25) is 0 Å². The summed E-state index contributed by atoms with van der Waals surface area (Å²) in [5.41, 5.74) is 0.0274. The number of ether oxygens (including phenoxy) is 1. The fourth-order valence-electron chi connectivity index (χ4n) is 3.17. The van der Waals surface area contributed by atoms with Gasteiger partial charge in [-0.05, 0) is 6.72 Å². The van der Waals surface area contributed by atoms with Crippen molar-refractivity contribution in [3.63, 3.8) is 0 Å². The summed E-state index contributed by atoms with van der Waals surface area (Å²) in [4.78, 5) is 82.8. The summed E-state index contributed by atoms with van der Waals surface area (Å²) < 4.78 is 14.7. The van der Waals surface area contributed by atoms with Gasteiger partial charge in [0.15, 0.2) is 0 Å².